The Labute approximate surface area is 164 Å². The minimum absolute atomic E-state index is 0.0829. The molecule has 7 nitrogen and oxygen atoms in total. The third-order valence-corrected chi connectivity index (χ3v) is 6.37. The molecule has 0 fully saturated rings. The number of aromatic nitrogens is 3. The molecule has 2 aromatic carbocycles. The smallest absolute Gasteiger partial charge is 0.227 e. The van der Waals surface area contributed by atoms with Gasteiger partial charge in [-0.05, 0) is 54.7 Å². The number of sulfone groups is 1. The maximum atomic E-state index is 13.1. The molecule has 0 amide bonds. The van der Waals surface area contributed by atoms with Gasteiger partial charge in [0.15, 0.2) is 0 Å². The summed E-state index contributed by atoms with van der Waals surface area (Å²) in [5.74, 6) is -0.236. The van der Waals surface area contributed by atoms with E-state index in [9.17, 15) is 18.6 Å². The highest BCUT2D eigenvalue weighted by molar-refractivity contribution is 7.91. The van der Waals surface area contributed by atoms with E-state index < -0.39 is 9.84 Å². The molecule has 2 N–H and O–H groups in total. The number of phenolic OH excluding ortho intramolecular Hbond substituents is 2. The zero-order valence-corrected chi connectivity index (χ0v) is 17.2. The number of benzene rings is 2. The Morgan fingerprint density at radius 1 is 1.00 bits per heavy atom. The van der Waals surface area contributed by atoms with Crippen LogP contribution in [0.5, 0.6) is 11.5 Å². The molecular formula is C20H23N3O4S. The Balaban J connectivity index is 2.11. The van der Waals surface area contributed by atoms with Crippen LogP contribution in [0.15, 0.2) is 46.3 Å². The third-order valence-electron chi connectivity index (χ3n) is 4.61. The van der Waals surface area contributed by atoms with Crippen LogP contribution in [0.1, 0.15) is 37.6 Å². The van der Waals surface area contributed by atoms with Gasteiger partial charge in [-0.25, -0.2) is 13.1 Å². The molecule has 0 radical (unpaired) electrons. The summed E-state index contributed by atoms with van der Waals surface area (Å²) in [5, 5.41) is 27.2. The van der Waals surface area contributed by atoms with Crippen LogP contribution >= 0.6 is 0 Å². The van der Waals surface area contributed by atoms with Gasteiger partial charge in [-0.1, -0.05) is 32.1 Å². The van der Waals surface area contributed by atoms with Gasteiger partial charge >= 0.3 is 0 Å². The van der Waals surface area contributed by atoms with Crippen LogP contribution in [0, 0.1) is 13.8 Å². The highest BCUT2D eigenvalue weighted by Crippen LogP contribution is 2.31. The summed E-state index contributed by atoms with van der Waals surface area (Å²) in [6.45, 7) is 9.64. The summed E-state index contributed by atoms with van der Waals surface area (Å²) in [7, 11) is -3.90. The molecular weight excluding hydrogens is 378 g/mol. The lowest BCUT2D eigenvalue weighted by Crippen LogP contribution is -2.14. The van der Waals surface area contributed by atoms with Gasteiger partial charge in [0.25, 0.3) is 0 Å². The van der Waals surface area contributed by atoms with Gasteiger partial charge < -0.3 is 10.2 Å². The van der Waals surface area contributed by atoms with E-state index in [-0.39, 0.29) is 38.2 Å². The van der Waals surface area contributed by atoms with E-state index in [1.54, 1.807) is 19.1 Å². The van der Waals surface area contributed by atoms with E-state index in [4.69, 9.17) is 0 Å². The molecule has 0 aliphatic carbocycles. The van der Waals surface area contributed by atoms with E-state index in [2.05, 4.69) is 31.1 Å². The molecule has 0 aliphatic heterocycles. The second-order valence-electron chi connectivity index (χ2n) is 7.79. The predicted octanol–water partition coefficient (Wildman–Crippen LogP) is 3.43. The van der Waals surface area contributed by atoms with Crippen molar-refractivity contribution in [2.45, 2.75) is 50.0 Å². The van der Waals surface area contributed by atoms with Gasteiger partial charge in [0.1, 0.15) is 17.2 Å². The Hall–Kier alpha value is -2.87. The molecule has 0 unspecified atom stereocenters. The fourth-order valence-electron chi connectivity index (χ4n) is 3.23. The lowest BCUT2D eigenvalue weighted by molar-refractivity contribution is 0.455. The summed E-state index contributed by atoms with van der Waals surface area (Å²) in [4.78, 5) is 0.133. The minimum atomic E-state index is -3.90. The second-order valence-corrected chi connectivity index (χ2v) is 9.66. The van der Waals surface area contributed by atoms with Gasteiger partial charge in [-0.3, -0.25) is 0 Å². The third kappa shape index (κ3) is 3.35. The molecule has 1 aromatic heterocycles. The number of rotatable bonds is 3. The lowest BCUT2D eigenvalue weighted by Gasteiger charge is -2.22. The van der Waals surface area contributed by atoms with Crippen molar-refractivity contribution in [3.63, 3.8) is 0 Å². The average Bonchev–Trinajstić information content (AvgIpc) is 2.98. The van der Waals surface area contributed by atoms with Gasteiger partial charge in [0.05, 0.1) is 10.6 Å². The Kier molecular flexibility index (Phi) is 4.71. The van der Waals surface area contributed by atoms with Crippen LogP contribution < -0.4 is 0 Å². The van der Waals surface area contributed by atoms with Gasteiger partial charge in [-0.15, -0.1) is 5.10 Å². The van der Waals surface area contributed by atoms with Crippen molar-refractivity contribution in [3.05, 3.63) is 53.2 Å². The molecule has 28 heavy (non-hydrogen) atoms. The van der Waals surface area contributed by atoms with Crippen molar-refractivity contribution in [2.24, 2.45) is 0 Å². The average molecular weight is 401 g/mol. The van der Waals surface area contributed by atoms with Crippen LogP contribution in [0.3, 0.4) is 0 Å². The van der Waals surface area contributed by atoms with Crippen molar-refractivity contribution in [1.29, 1.82) is 0 Å². The molecule has 0 bridgehead atoms. The number of phenols is 2. The molecule has 3 rings (SSSR count). The van der Waals surface area contributed by atoms with Gasteiger partial charge in [0.2, 0.25) is 14.9 Å². The summed E-state index contributed by atoms with van der Waals surface area (Å²) in [5.41, 5.74) is 2.23. The number of nitrogens with zero attached hydrogens (tertiary/aromatic N) is 3. The summed E-state index contributed by atoms with van der Waals surface area (Å²) in [6.07, 6.45) is 0. The van der Waals surface area contributed by atoms with E-state index in [1.807, 2.05) is 13.0 Å². The van der Waals surface area contributed by atoms with E-state index in [0.29, 0.717) is 0 Å². The monoisotopic (exact) mass is 401 g/mol. The van der Waals surface area contributed by atoms with E-state index in [1.165, 1.54) is 22.9 Å². The van der Waals surface area contributed by atoms with Crippen molar-refractivity contribution in [3.8, 4) is 17.2 Å². The summed E-state index contributed by atoms with van der Waals surface area (Å²) in [6, 6.07) is 8.95. The van der Waals surface area contributed by atoms with Crippen molar-refractivity contribution < 1.29 is 18.6 Å². The molecule has 0 spiro atoms. The molecule has 3 aromatic rings. The maximum Gasteiger partial charge on any atom is 0.227 e. The largest absolute Gasteiger partial charge is 0.508 e. The first-order chi connectivity index (χ1) is 12.9. The maximum absolute atomic E-state index is 13.1. The summed E-state index contributed by atoms with van der Waals surface area (Å²) < 4.78 is 27.5. The Bertz CT molecular complexity index is 1160. The molecule has 0 saturated carbocycles. The first-order valence-electron chi connectivity index (χ1n) is 8.74. The number of aromatic hydroxyl groups is 2. The van der Waals surface area contributed by atoms with E-state index in [0.717, 1.165) is 11.1 Å². The van der Waals surface area contributed by atoms with Crippen molar-refractivity contribution in [1.82, 2.24) is 15.0 Å². The van der Waals surface area contributed by atoms with Crippen LogP contribution in [0.4, 0.5) is 0 Å². The highest BCUT2D eigenvalue weighted by atomic mass is 32.2. The molecule has 1 heterocycles. The Morgan fingerprint density at radius 3 is 2.29 bits per heavy atom. The lowest BCUT2D eigenvalue weighted by atomic mass is 9.84. The number of aryl methyl sites for hydroxylation is 1. The topological polar surface area (TPSA) is 105 Å². The van der Waals surface area contributed by atoms with E-state index >= 15 is 0 Å². The number of hydrogen-bond donors (Lipinski definition) is 2. The second kappa shape index (κ2) is 6.63. The van der Waals surface area contributed by atoms with Crippen molar-refractivity contribution in [2.75, 3.05) is 0 Å². The standard InChI is InChI=1S/C20H23N3O4S/c1-12-10-15(7-8-16(12)20(3,4)5)28(26,27)19-13(2)23(22-21-19)17-11-14(24)6-9-18(17)25/h6-11,24-25H,1-5H3. The van der Waals surface area contributed by atoms with Crippen LogP contribution in [0.2, 0.25) is 0 Å². The van der Waals surface area contributed by atoms with Gasteiger partial charge in [0, 0.05) is 6.07 Å². The van der Waals surface area contributed by atoms with Crippen molar-refractivity contribution >= 4 is 9.84 Å². The van der Waals surface area contributed by atoms with Gasteiger partial charge in [-0.2, -0.15) is 0 Å². The molecule has 0 aliphatic rings. The summed E-state index contributed by atoms with van der Waals surface area (Å²) >= 11 is 0. The fourth-order valence-corrected chi connectivity index (χ4v) is 4.65. The quantitative estimate of drug-likeness (QED) is 0.652. The fraction of sp³-hybridized carbons (Fsp3) is 0.300. The SMILES string of the molecule is Cc1cc(S(=O)(=O)c2nnn(-c3cc(O)ccc3O)c2C)ccc1C(C)(C)C. The molecule has 0 atom stereocenters. The molecule has 8 heteroatoms. The van der Waals surface area contributed by atoms with Crippen LogP contribution in [0.25, 0.3) is 5.69 Å². The minimum Gasteiger partial charge on any atom is -0.508 e. The first-order valence-corrected chi connectivity index (χ1v) is 10.2. The number of hydrogen-bond acceptors (Lipinski definition) is 6. The van der Waals surface area contributed by atoms with Crippen LogP contribution in [-0.2, 0) is 15.3 Å². The van der Waals surface area contributed by atoms with Crippen LogP contribution in [-0.4, -0.2) is 33.6 Å². The predicted molar refractivity (Wildman–Crippen MR) is 105 cm³/mol. The highest BCUT2D eigenvalue weighted by Gasteiger charge is 2.28. The normalized spacial score (nSPS) is 12.3. The zero-order valence-electron chi connectivity index (χ0n) is 16.4. The molecule has 148 valence electrons. The Morgan fingerprint density at radius 2 is 1.68 bits per heavy atom. The zero-order chi connectivity index (χ0) is 20.9. The molecule has 0 saturated heterocycles. The first kappa shape index (κ1) is 19.9.